The molecule has 214 valence electrons. The van der Waals surface area contributed by atoms with Crippen LogP contribution in [0.2, 0.25) is 0 Å². The lowest BCUT2D eigenvalue weighted by atomic mass is 9.49. The summed E-state index contributed by atoms with van der Waals surface area (Å²) >= 11 is 0. The quantitative estimate of drug-likeness (QED) is 0.222. The van der Waals surface area contributed by atoms with E-state index in [9.17, 15) is 14.8 Å². The molecule has 5 rings (SSSR count). The minimum atomic E-state index is -0.751. The lowest BCUT2D eigenvalue weighted by molar-refractivity contribution is -0.140. The predicted octanol–water partition coefficient (Wildman–Crippen LogP) is 6.82. The van der Waals surface area contributed by atoms with E-state index in [1.807, 2.05) is 67.6 Å². The molecule has 3 aromatic rings. The summed E-state index contributed by atoms with van der Waals surface area (Å²) in [6.07, 6.45) is 3.44. The minimum absolute atomic E-state index is 0.0818. The number of carbonyl (C=O) groups excluding carboxylic acids is 2. The van der Waals surface area contributed by atoms with E-state index in [0.717, 1.165) is 29.5 Å². The second kappa shape index (κ2) is 11.5. The Morgan fingerprint density at radius 1 is 0.976 bits per heavy atom. The van der Waals surface area contributed by atoms with Gasteiger partial charge in [-0.3, -0.25) is 9.59 Å². The molecule has 3 aromatic carbocycles. The SMILES string of the molecule is CC(C)c1ccc2c(c1)/C(=N\O)C[C@H]1[C@](C)(C(=O)N[C@@H](Cc3ccccc3)C(=O)Nc3ccccc3)CCC[C@]21C. The van der Waals surface area contributed by atoms with Gasteiger partial charge in [0.25, 0.3) is 0 Å². The zero-order valence-electron chi connectivity index (χ0n) is 24.5. The molecule has 4 atom stereocenters. The van der Waals surface area contributed by atoms with Gasteiger partial charge in [0.2, 0.25) is 11.8 Å². The van der Waals surface area contributed by atoms with Crippen LogP contribution in [0.1, 0.15) is 81.5 Å². The Labute approximate surface area is 243 Å². The molecular weight excluding hydrogens is 510 g/mol. The molecule has 0 saturated heterocycles. The van der Waals surface area contributed by atoms with E-state index in [1.165, 1.54) is 5.56 Å². The number of nitrogens with zero attached hydrogens (tertiary/aromatic N) is 1. The third-order valence-corrected chi connectivity index (χ3v) is 9.55. The molecule has 0 spiro atoms. The van der Waals surface area contributed by atoms with Gasteiger partial charge in [0, 0.05) is 17.7 Å². The first-order valence-corrected chi connectivity index (χ1v) is 14.7. The van der Waals surface area contributed by atoms with Gasteiger partial charge in [0.15, 0.2) is 0 Å². The Bertz CT molecular complexity index is 1440. The van der Waals surface area contributed by atoms with Crippen molar-refractivity contribution >= 4 is 23.2 Å². The van der Waals surface area contributed by atoms with E-state index in [4.69, 9.17) is 0 Å². The fourth-order valence-electron chi connectivity index (χ4n) is 7.11. The van der Waals surface area contributed by atoms with Gasteiger partial charge in [-0.1, -0.05) is 99.9 Å². The molecule has 6 nitrogen and oxygen atoms in total. The van der Waals surface area contributed by atoms with Crippen molar-refractivity contribution in [3.05, 3.63) is 101 Å². The Hall–Kier alpha value is -3.93. The second-order valence-electron chi connectivity index (χ2n) is 12.5. The molecule has 0 radical (unpaired) electrons. The molecule has 3 N–H and O–H groups in total. The van der Waals surface area contributed by atoms with Crippen molar-refractivity contribution < 1.29 is 14.8 Å². The number of nitrogens with one attached hydrogen (secondary N) is 2. The van der Waals surface area contributed by atoms with Crippen LogP contribution in [0.3, 0.4) is 0 Å². The van der Waals surface area contributed by atoms with Crippen molar-refractivity contribution in [2.75, 3.05) is 5.32 Å². The maximum absolute atomic E-state index is 14.3. The fourth-order valence-corrected chi connectivity index (χ4v) is 7.11. The summed E-state index contributed by atoms with van der Waals surface area (Å²) in [6.45, 7) is 8.61. The van der Waals surface area contributed by atoms with Crippen molar-refractivity contribution in [3.8, 4) is 0 Å². The van der Waals surface area contributed by atoms with Crippen LogP contribution in [-0.4, -0.2) is 28.8 Å². The number of fused-ring (bicyclic) bond motifs is 3. The Kier molecular flexibility index (Phi) is 8.03. The molecule has 0 unspecified atom stereocenters. The number of anilines is 1. The number of rotatable bonds is 7. The molecule has 0 aromatic heterocycles. The first-order valence-electron chi connectivity index (χ1n) is 14.7. The van der Waals surface area contributed by atoms with Gasteiger partial charge in [-0.25, -0.2) is 0 Å². The van der Waals surface area contributed by atoms with Gasteiger partial charge in [-0.15, -0.1) is 0 Å². The van der Waals surface area contributed by atoms with Crippen molar-refractivity contribution in [1.29, 1.82) is 0 Å². The summed E-state index contributed by atoms with van der Waals surface area (Å²) in [6, 6.07) is 24.9. The Morgan fingerprint density at radius 2 is 1.66 bits per heavy atom. The number of hydrogen-bond acceptors (Lipinski definition) is 4. The highest BCUT2D eigenvalue weighted by Crippen LogP contribution is 2.57. The normalized spacial score (nSPS) is 25.2. The van der Waals surface area contributed by atoms with Gasteiger partial charge < -0.3 is 15.8 Å². The highest BCUT2D eigenvalue weighted by molar-refractivity contribution is 6.04. The molecule has 1 fully saturated rings. The van der Waals surface area contributed by atoms with Crippen LogP contribution in [0, 0.1) is 11.3 Å². The summed E-state index contributed by atoms with van der Waals surface area (Å²) in [5, 5.41) is 20.0. The van der Waals surface area contributed by atoms with Gasteiger partial charge in [0.05, 0.1) is 11.1 Å². The highest BCUT2D eigenvalue weighted by atomic mass is 16.4. The van der Waals surface area contributed by atoms with Gasteiger partial charge in [-0.2, -0.15) is 0 Å². The standard InChI is InChI=1S/C35H41N3O3/c1-23(2)25-16-17-28-27(21-25)29(38-41)22-31-34(28,3)18-11-19-35(31,4)33(40)37-30(20-24-12-7-5-8-13-24)32(39)36-26-14-9-6-10-15-26/h5-10,12-17,21,23,30-31,41H,11,18-20,22H2,1-4H3,(H,36,39)(H,37,40)/b38-29-/t30-,31+,34+,35+/m0/s1. The van der Waals surface area contributed by atoms with Crippen LogP contribution in [0.25, 0.3) is 0 Å². The molecule has 0 bridgehead atoms. The summed E-state index contributed by atoms with van der Waals surface area (Å²) < 4.78 is 0. The highest BCUT2D eigenvalue weighted by Gasteiger charge is 2.56. The third-order valence-electron chi connectivity index (χ3n) is 9.55. The molecule has 2 amide bonds. The molecule has 2 aliphatic rings. The first-order chi connectivity index (χ1) is 19.7. The maximum Gasteiger partial charge on any atom is 0.247 e. The minimum Gasteiger partial charge on any atom is -0.411 e. The summed E-state index contributed by atoms with van der Waals surface area (Å²) in [5.74, 6) is -0.0983. The van der Waals surface area contributed by atoms with Gasteiger partial charge in [-0.05, 0) is 71.4 Å². The van der Waals surface area contributed by atoms with Crippen molar-refractivity contribution in [1.82, 2.24) is 5.32 Å². The van der Waals surface area contributed by atoms with Gasteiger partial charge in [0.1, 0.15) is 6.04 Å². The number of benzene rings is 3. The molecule has 41 heavy (non-hydrogen) atoms. The number of amides is 2. The van der Waals surface area contributed by atoms with E-state index >= 15 is 0 Å². The van der Waals surface area contributed by atoms with Gasteiger partial charge >= 0.3 is 0 Å². The smallest absolute Gasteiger partial charge is 0.247 e. The van der Waals surface area contributed by atoms with Crippen LogP contribution in [0.15, 0.2) is 84.0 Å². The van der Waals surface area contributed by atoms with E-state index in [1.54, 1.807) is 0 Å². The van der Waals surface area contributed by atoms with Crippen LogP contribution in [-0.2, 0) is 21.4 Å². The fraction of sp³-hybridized carbons (Fsp3) is 0.400. The molecular formula is C35H41N3O3. The first kappa shape index (κ1) is 28.6. The lowest BCUT2D eigenvalue weighted by Gasteiger charge is -2.54. The zero-order chi connectivity index (χ0) is 29.2. The molecule has 2 aliphatic carbocycles. The molecule has 6 heteroatoms. The van der Waals surface area contributed by atoms with Crippen molar-refractivity contribution in [2.45, 2.75) is 77.2 Å². The number of hydrogen-bond donors (Lipinski definition) is 3. The van der Waals surface area contributed by atoms with E-state index in [-0.39, 0.29) is 23.1 Å². The second-order valence-corrected chi connectivity index (χ2v) is 12.5. The van der Waals surface area contributed by atoms with Crippen LogP contribution in [0.5, 0.6) is 0 Å². The monoisotopic (exact) mass is 551 g/mol. The average molecular weight is 552 g/mol. The third kappa shape index (κ3) is 5.52. The Morgan fingerprint density at radius 3 is 2.32 bits per heavy atom. The molecule has 1 saturated carbocycles. The number of para-hydroxylation sites is 1. The zero-order valence-corrected chi connectivity index (χ0v) is 24.5. The van der Waals surface area contributed by atoms with Crippen LogP contribution in [0.4, 0.5) is 5.69 Å². The molecule has 0 aliphatic heterocycles. The topological polar surface area (TPSA) is 90.8 Å². The molecule has 0 heterocycles. The van der Waals surface area contributed by atoms with E-state index < -0.39 is 11.5 Å². The average Bonchev–Trinajstić information content (AvgIpc) is 2.97. The number of carbonyl (C=O) groups is 2. The summed E-state index contributed by atoms with van der Waals surface area (Å²) in [4.78, 5) is 27.9. The summed E-state index contributed by atoms with van der Waals surface area (Å²) in [7, 11) is 0. The predicted molar refractivity (Wildman–Crippen MR) is 163 cm³/mol. The van der Waals surface area contributed by atoms with Crippen molar-refractivity contribution in [3.63, 3.8) is 0 Å². The van der Waals surface area contributed by atoms with Crippen molar-refractivity contribution in [2.24, 2.45) is 16.5 Å². The Balaban J connectivity index is 1.46. The van der Waals surface area contributed by atoms with Crippen LogP contribution >= 0.6 is 0 Å². The largest absolute Gasteiger partial charge is 0.411 e. The summed E-state index contributed by atoms with van der Waals surface area (Å²) in [5.41, 5.74) is 4.63. The maximum atomic E-state index is 14.3. The number of oxime groups is 1. The van der Waals surface area contributed by atoms with E-state index in [0.29, 0.717) is 36.6 Å². The van der Waals surface area contributed by atoms with Crippen LogP contribution < -0.4 is 10.6 Å². The lowest BCUT2D eigenvalue weighted by Crippen LogP contribution is -2.58. The van der Waals surface area contributed by atoms with E-state index in [2.05, 4.69) is 54.8 Å².